The molecule has 5 heteroatoms. The van der Waals surface area contributed by atoms with Crippen molar-refractivity contribution in [2.45, 2.75) is 25.8 Å². The third-order valence-electron chi connectivity index (χ3n) is 4.21. The molecule has 0 amide bonds. The van der Waals surface area contributed by atoms with Crippen LogP contribution < -0.4 is 4.84 Å². The van der Waals surface area contributed by atoms with Crippen LogP contribution in [0.4, 0.5) is 0 Å². The van der Waals surface area contributed by atoms with E-state index in [1.807, 2.05) is 24.3 Å². The van der Waals surface area contributed by atoms with Gasteiger partial charge in [-0.05, 0) is 35.4 Å². The number of benzene rings is 2. The molecule has 0 radical (unpaired) electrons. The lowest BCUT2D eigenvalue weighted by molar-refractivity contribution is -0.120. The van der Waals surface area contributed by atoms with E-state index in [0.29, 0.717) is 12.8 Å². The van der Waals surface area contributed by atoms with Gasteiger partial charge in [0.05, 0.1) is 18.1 Å². The molecule has 128 valence electrons. The number of hydrogen-bond donors (Lipinski definition) is 2. The van der Waals surface area contributed by atoms with Crippen LogP contribution in [0.3, 0.4) is 0 Å². The van der Waals surface area contributed by atoms with Crippen molar-refractivity contribution in [1.82, 2.24) is 14.8 Å². The number of hydrogen-bond acceptors (Lipinski definition) is 3. The molecule has 25 heavy (non-hydrogen) atoms. The number of carbonyl (C=O) groups excluding carboxylic acids is 1. The van der Waals surface area contributed by atoms with Crippen LogP contribution in [0.5, 0.6) is 0 Å². The van der Waals surface area contributed by atoms with E-state index in [1.54, 1.807) is 12.5 Å². The first kappa shape index (κ1) is 17.4. The fourth-order valence-electron chi connectivity index (χ4n) is 2.71. The van der Waals surface area contributed by atoms with Crippen LogP contribution in [-0.2, 0) is 17.6 Å². The summed E-state index contributed by atoms with van der Waals surface area (Å²) in [4.78, 5) is 22.1. The molecule has 2 N–H and O–H groups in total. The van der Waals surface area contributed by atoms with Crippen molar-refractivity contribution in [2.24, 2.45) is 0 Å². The number of ketones is 1. The van der Waals surface area contributed by atoms with Crippen molar-refractivity contribution >= 4 is 17.6 Å². The van der Waals surface area contributed by atoms with Crippen molar-refractivity contribution in [2.75, 3.05) is 0 Å². The average molecular weight is 354 g/mol. The minimum Gasteiger partial charge on any atom is -0.351 e. The van der Waals surface area contributed by atoms with Gasteiger partial charge in [0.15, 0.2) is 5.78 Å². The van der Waals surface area contributed by atoms with E-state index in [0.717, 1.165) is 16.8 Å². The van der Waals surface area contributed by atoms with Crippen molar-refractivity contribution in [3.63, 3.8) is 0 Å². The van der Waals surface area contributed by atoms with E-state index in [1.165, 1.54) is 11.1 Å². The Kier molecular flexibility index (Phi) is 5.64. The molecule has 0 aliphatic carbocycles. The predicted molar refractivity (Wildman–Crippen MR) is 100 cm³/mol. The lowest BCUT2D eigenvalue weighted by Crippen LogP contribution is -2.34. The summed E-state index contributed by atoms with van der Waals surface area (Å²) in [6.07, 6.45) is 4.16. The zero-order chi connectivity index (χ0) is 17.6. The van der Waals surface area contributed by atoms with Crippen molar-refractivity contribution < 1.29 is 4.79 Å². The molecule has 0 fully saturated rings. The number of halogens is 1. The van der Waals surface area contributed by atoms with E-state index >= 15 is 0 Å². The van der Waals surface area contributed by atoms with Crippen LogP contribution in [0.15, 0.2) is 61.1 Å². The summed E-state index contributed by atoms with van der Waals surface area (Å²) >= 11 is 5.75. The van der Waals surface area contributed by atoms with Crippen LogP contribution in [0, 0.1) is 6.92 Å². The van der Waals surface area contributed by atoms with Crippen molar-refractivity contribution in [3.8, 4) is 11.1 Å². The highest BCUT2D eigenvalue weighted by Crippen LogP contribution is 2.20. The molecular formula is C20H20ClN3O. The fourth-order valence-corrected chi connectivity index (χ4v) is 2.91. The topological polar surface area (TPSA) is 57.8 Å². The number of aryl methyl sites for hydroxylation is 1. The Morgan fingerprint density at radius 3 is 2.32 bits per heavy atom. The van der Waals surface area contributed by atoms with Gasteiger partial charge in [-0.1, -0.05) is 54.1 Å². The number of carbonyl (C=O) groups is 1. The molecule has 0 bridgehead atoms. The van der Waals surface area contributed by atoms with Crippen LogP contribution in [-0.4, -0.2) is 21.8 Å². The number of aromatic amines is 1. The molecule has 3 rings (SSSR count). The second kappa shape index (κ2) is 8.10. The Bertz CT molecular complexity index is 811. The van der Waals surface area contributed by atoms with Gasteiger partial charge in [0, 0.05) is 19.0 Å². The number of Topliss-reactive ketones (excluding diaryl/α,β-unsaturated/α-hetero) is 1. The minimum absolute atomic E-state index is 0.0427. The molecule has 0 saturated carbocycles. The first-order valence-corrected chi connectivity index (χ1v) is 8.56. The number of aromatic nitrogens is 2. The molecule has 1 atom stereocenters. The van der Waals surface area contributed by atoms with E-state index in [9.17, 15) is 4.79 Å². The summed E-state index contributed by atoms with van der Waals surface area (Å²) in [7, 11) is 0. The van der Waals surface area contributed by atoms with Crippen LogP contribution in [0.1, 0.15) is 16.8 Å². The molecule has 0 spiro atoms. The van der Waals surface area contributed by atoms with Crippen molar-refractivity contribution in [1.29, 1.82) is 0 Å². The third kappa shape index (κ3) is 4.56. The molecule has 1 aromatic heterocycles. The highest BCUT2D eigenvalue weighted by Gasteiger charge is 2.19. The van der Waals surface area contributed by atoms with Crippen LogP contribution in [0.2, 0.25) is 0 Å². The molecule has 1 heterocycles. The van der Waals surface area contributed by atoms with Gasteiger partial charge in [-0.3, -0.25) is 4.79 Å². The number of rotatable bonds is 7. The molecule has 4 nitrogen and oxygen atoms in total. The lowest BCUT2D eigenvalue weighted by Gasteiger charge is -2.12. The molecule has 0 aliphatic rings. The van der Waals surface area contributed by atoms with Gasteiger partial charge in [-0.2, -0.15) is 0 Å². The summed E-state index contributed by atoms with van der Waals surface area (Å²) in [5.74, 6) is 0.0427. The Labute approximate surface area is 152 Å². The fraction of sp³-hybridized carbons (Fsp3) is 0.200. The molecule has 0 unspecified atom stereocenters. The Balaban J connectivity index is 1.65. The first-order chi connectivity index (χ1) is 12.2. The SMILES string of the molecule is Cc1ccc(-c2ccc(CC(=O)[C@H](Cc3c[nH]cn3)NCl)cc2)cc1. The summed E-state index contributed by atoms with van der Waals surface area (Å²) < 4.78 is 0. The average Bonchev–Trinajstić information content (AvgIpc) is 3.14. The van der Waals surface area contributed by atoms with E-state index in [-0.39, 0.29) is 5.78 Å². The predicted octanol–water partition coefficient (Wildman–Crippen LogP) is 3.85. The van der Waals surface area contributed by atoms with Gasteiger partial charge in [0.1, 0.15) is 0 Å². The maximum Gasteiger partial charge on any atom is 0.155 e. The highest BCUT2D eigenvalue weighted by atomic mass is 35.5. The second-order valence-corrected chi connectivity index (χ2v) is 6.35. The number of nitrogens with zero attached hydrogens (tertiary/aromatic N) is 1. The molecule has 3 aromatic rings. The zero-order valence-electron chi connectivity index (χ0n) is 14.0. The van der Waals surface area contributed by atoms with Crippen LogP contribution in [0.25, 0.3) is 11.1 Å². The molecule has 0 saturated heterocycles. The van der Waals surface area contributed by atoms with Gasteiger partial charge in [0.2, 0.25) is 0 Å². The number of nitrogens with one attached hydrogen (secondary N) is 2. The van der Waals surface area contributed by atoms with Crippen molar-refractivity contribution in [3.05, 3.63) is 77.9 Å². The van der Waals surface area contributed by atoms with E-state index in [2.05, 4.69) is 46.0 Å². The summed E-state index contributed by atoms with van der Waals surface area (Å²) in [6.45, 7) is 2.07. The van der Waals surface area contributed by atoms with E-state index in [4.69, 9.17) is 11.8 Å². The summed E-state index contributed by atoms with van der Waals surface area (Å²) in [5.41, 5.74) is 5.32. The smallest absolute Gasteiger partial charge is 0.155 e. The van der Waals surface area contributed by atoms with Gasteiger partial charge in [-0.15, -0.1) is 0 Å². The zero-order valence-corrected chi connectivity index (χ0v) is 14.8. The standard InChI is InChI=1S/C20H20ClN3O/c1-14-2-6-16(7-3-14)17-8-4-15(5-9-17)10-20(25)19(24-21)11-18-12-22-13-23-18/h2-9,12-13,19,24H,10-11H2,1H3,(H,22,23)/t19-/m0/s1. The minimum atomic E-state index is -0.457. The van der Waals surface area contributed by atoms with Gasteiger partial charge >= 0.3 is 0 Å². The van der Waals surface area contributed by atoms with Gasteiger partial charge in [0.25, 0.3) is 0 Å². The Morgan fingerprint density at radius 1 is 1.12 bits per heavy atom. The quantitative estimate of drug-likeness (QED) is 0.634. The molecular weight excluding hydrogens is 334 g/mol. The third-order valence-corrected chi connectivity index (χ3v) is 4.47. The van der Waals surface area contributed by atoms with Gasteiger partial charge in [-0.25, -0.2) is 9.82 Å². The lowest BCUT2D eigenvalue weighted by atomic mass is 9.98. The maximum atomic E-state index is 12.5. The second-order valence-electron chi connectivity index (χ2n) is 6.13. The number of H-pyrrole nitrogens is 1. The number of imidazole rings is 1. The summed E-state index contributed by atoms with van der Waals surface area (Å²) in [6, 6.07) is 16.0. The highest BCUT2D eigenvalue weighted by molar-refractivity contribution is 6.15. The summed E-state index contributed by atoms with van der Waals surface area (Å²) in [5, 5.41) is 0. The monoisotopic (exact) mass is 353 g/mol. The Morgan fingerprint density at radius 2 is 1.76 bits per heavy atom. The van der Waals surface area contributed by atoms with E-state index < -0.39 is 6.04 Å². The maximum absolute atomic E-state index is 12.5. The Hall–Kier alpha value is -2.43. The first-order valence-electron chi connectivity index (χ1n) is 8.18. The van der Waals surface area contributed by atoms with Gasteiger partial charge < -0.3 is 4.98 Å². The van der Waals surface area contributed by atoms with Crippen LogP contribution >= 0.6 is 11.8 Å². The normalized spacial score (nSPS) is 12.1. The molecule has 0 aliphatic heterocycles. The molecule has 2 aromatic carbocycles. The largest absolute Gasteiger partial charge is 0.351 e.